The number of aliphatic hydroxyl groups is 1. The van der Waals surface area contributed by atoms with Crippen LogP contribution in [0, 0.1) is 5.92 Å². The van der Waals surface area contributed by atoms with Crippen molar-refractivity contribution in [3.05, 3.63) is 12.2 Å². The second-order valence-electron chi connectivity index (χ2n) is 5.37. The number of rotatable bonds is 6. The summed E-state index contributed by atoms with van der Waals surface area (Å²) in [6.07, 6.45) is 7.27. The molecule has 1 aliphatic rings. The maximum absolute atomic E-state index is 11.2. The molecule has 0 bridgehead atoms. The maximum atomic E-state index is 11.2. The molecule has 19 heavy (non-hydrogen) atoms. The van der Waals surface area contributed by atoms with Crippen molar-refractivity contribution in [1.29, 1.82) is 0 Å². The summed E-state index contributed by atoms with van der Waals surface area (Å²) in [5, 5.41) is 26.6. The van der Waals surface area contributed by atoms with E-state index in [1.807, 2.05) is 0 Å². The SMILES string of the molecule is CC(O)C(C(=O)O)n1cnnc1CCC1CCCC1. The molecule has 1 fully saturated rings. The molecule has 2 unspecified atom stereocenters. The average molecular weight is 267 g/mol. The molecule has 1 aromatic heterocycles. The molecule has 0 aromatic carbocycles. The first-order chi connectivity index (χ1) is 9.09. The second-order valence-corrected chi connectivity index (χ2v) is 5.37. The van der Waals surface area contributed by atoms with Gasteiger partial charge in [-0.3, -0.25) is 0 Å². The normalized spacial score (nSPS) is 19.5. The molecule has 0 aliphatic heterocycles. The van der Waals surface area contributed by atoms with Gasteiger partial charge in [-0.25, -0.2) is 4.79 Å². The van der Waals surface area contributed by atoms with Crippen molar-refractivity contribution in [3.8, 4) is 0 Å². The van der Waals surface area contributed by atoms with E-state index < -0.39 is 18.1 Å². The lowest BCUT2D eigenvalue weighted by atomic mass is 10.0. The second kappa shape index (κ2) is 6.14. The van der Waals surface area contributed by atoms with Crippen LogP contribution in [0.1, 0.15) is 50.9 Å². The molecule has 1 aliphatic carbocycles. The number of carboxylic acid groups (broad SMARTS) is 1. The first-order valence-electron chi connectivity index (χ1n) is 6.89. The third-order valence-electron chi connectivity index (χ3n) is 3.91. The minimum atomic E-state index is -1.06. The lowest BCUT2D eigenvalue weighted by Crippen LogP contribution is -2.30. The van der Waals surface area contributed by atoms with Gasteiger partial charge in [-0.1, -0.05) is 25.7 Å². The Bertz CT molecular complexity index is 425. The summed E-state index contributed by atoms with van der Waals surface area (Å²) >= 11 is 0. The van der Waals surface area contributed by atoms with Crippen LogP contribution in [-0.2, 0) is 11.2 Å². The van der Waals surface area contributed by atoms with Crippen LogP contribution in [0.25, 0.3) is 0 Å². The molecule has 0 spiro atoms. The van der Waals surface area contributed by atoms with Crippen molar-refractivity contribution in [1.82, 2.24) is 14.8 Å². The van der Waals surface area contributed by atoms with Crippen molar-refractivity contribution >= 4 is 5.97 Å². The standard InChI is InChI=1S/C13H21N3O3/c1-9(17)12(13(18)19)16-8-14-15-11(16)7-6-10-4-2-3-5-10/h8-10,12,17H,2-7H2,1H3,(H,18,19). The van der Waals surface area contributed by atoms with Gasteiger partial charge in [-0.05, 0) is 19.3 Å². The Balaban J connectivity index is 2.05. The molecule has 2 atom stereocenters. The minimum absolute atomic E-state index is 0.653. The Hall–Kier alpha value is -1.43. The average Bonchev–Trinajstić information content (AvgIpc) is 2.96. The van der Waals surface area contributed by atoms with Crippen molar-refractivity contribution in [3.63, 3.8) is 0 Å². The molecule has 106 valence electrons. The number of aliphatic carboxylic acids is 1. The fourth-order valence-electron chi connectivity index (χ4n) is 2.87. The van der Waals surface area contributed by atoms with Gasteiger partial charge in [0, 0.05) is 6.42 Å². The zero-order valence-corrected chi connectivity index (χ0v) is 11.2. The number of aromatic nitrogens is 3. The van der Waals surface area contributed by atoms with E-state index in [0.717, 1.165) is 18.8 Å². The summed E-state index contributed by atoms with van der Waals surface area (Å²) in [6.45, 7) is 1.47. The smallest absolute Gasteiger partial charge is 0.329 e. The highest BCUT2D eigenvalue weighted by atomic mass is 16.4. The first-order valence-corrected chi connectivity index (χ1v) is 6.89. The molecule has 0 saturated heterocycles. The zero-order valence-electron chi connectivity index (χ0n) is 11.2. The fraction of sp³-hybridized carbons (Fsp3) is 0.769. The molecule has 1 heterocycles. The lowest BCUT2D eigenvalue weighted by molar-refractivity contribution is -0.144. The van der Waals surface area contributed by atoms with E-state index in [-0.39, 0.29) is 0 Å². The van der Waals surface area contributed by atoms with Crippen LogP contribution in [0.5, 0.6) is 0 Å². The van der Waals surface area contributed by atoms with E-state index in [0.29, 0.717) is 5.82 Å². The topological polar surface area (TPSA) is 88.2 Å². The summed E-state index contributed by atoms with van der Waals surface area (Å²) in [5.74, 6) is 0.317. The molecule has 0 amide bonds. The van der Waals surface area contributed by atoms with Crippen LogP contribution in [0.2, 0.25) is 0 Å². The van der Waals surface area contributed by atoms with E-state index in [2.05, 4.69) is 10.2 Å². The molecule has 6 nitrogen and oxygen atoms in total. The predicted octanol–water partition coefficient (Wildman–Crippen LogP) is 1.41. The lowest BCUT2D eigenvalue weighted by Gasteiger charge is -2.18. The minimum Gasteiger partial charge on any atom is -0.480 e. The molecule has 2 rings (SSSR count). The fourth-order valence-corrected chi connectivity index (χ4v) is 2.87. The van der Waals surface area contributed by atoms with Crippen molar-refractivity contribution in [2.75, 3.05) is 0 Å². The number of hydrogen-bond donors (Lipinski definition) is 2. The van der Waals surface area contributed by atoms with Crippen molar-refractivity contribution < 1.29 is 15.0 Å². The van der Waals surface area contributed by atoms with E-state index >= 15 is 0 Å². The van der Waals surface area contributed by atoms with E-state index in [9.17, 15) is 15.0 Å². The van der Waals surface area contributed by atoms with Crippen LogP contribution < -0.4 is 0 Å². The van der Waals surface area contributed by atoms with E-state index in [4.69, 9.17) is 0 Å². The number of carbonyl (C=O) groups is 1. The van der Waals surface area contributed by atoms with Gasteiger partial charge in [0.1, 0.15) is 12.2 Å². The van der Waals surface area contributed by atoms with Crippen molar-refractivity contribution in [2.45, 2.75) is 57.6 Å². The van der Waals surface area contributed by atoms with Crippen LogP contribution in [0.3, 0.4) is 0 Å². The molecule has 2 N–H and O–H groups in total. The molecular weight excluding hydrogens is 246 g/mol. The summed E-state index contributed by atoms with van der Waals surface area (Å²) < 4.78 is 1.49. The van der Waals surface area contributed by atoms with Crippen LogP contribution in [0.4, 0.5) is 0 Å². The Morgan fingerprint density at radius 3 is 2.79 bits per heavy atom. The van der Waals surface area contributed by atoms with Crippen LogP contribution >= 0.6 is 0 Å². The van der Waals surface area contributed by atoms with Gasteiger partial charge in [0.2, 0.25) is 0 Å². The van der Waals surface area contributed by atoms with Gasteiger partial charge in [0.15, 0.2) is 6.04 Å². The number of aliphatic hydroxyl groups excluding tert-OH is 1. The van der Waals surface area contributed by atoms with Gasteiger partial charge >= 0.3 is 5.97 Å². The highest BCUT2D eigenvalue weighted by Crippen LogP contribution is 2.28. The number of carboxylic acids is 1. The van der Waals surface area contributed by atoms with Gasteiger partial charge in [0.25, 0.3) is 0 Å². The van der Waals surface area contributed by atoms with Crippen molar-refractivity contribution in [2.24, 2.45) is 5.92 Å². The quantitative estimate of drug-likeness (QED) is 0.813. The van der Waals surface area contributed by atoms with Gasteiger partial charge in [-0.15, -0.1) is 10.2 Å². The van der Waals surface area contributed by atoms with Gasteiger partial charge < -0.3 is 14.8 Å². The van der Waals surface area contributed by atoms with Gasteiger partial charge in [0.05, 0.1) is 6.10 Å². The molecule has 1 saturated carbocycles. The van der Waals surface area contributed by atoms with Gasteiger partial charge in [-0.2, -0.15) is 0 Å². The Kier molecular flexibility index (Phi) is 4.52. The van der Waals surface area contributed by atoms with E-state index in [1.165, 1.54) is 43.5 Å². The Morgan fingerprint density at radius 1 is 1.53 bits per heavy atom. The monoisotopic (exact) mass is 267 g/mol. The molecule has 1 aromatic rings. The zero-order chi connectivity index (χ0) is 13.8. The highest BCUT2D eigenvalue weighted by Gasteiger charge is 2.27. The summed E-state index contributed by atoms with van der Waals surface area (Å²) in [4.78, 5) is 11.2. The highest BCUT2D eigenvalue weighted by molar-refractivity contribution is 5.72. The number of hydrogen-bond acceptors (Lipinski definition) is 4. The predicted molar refractivity (Wildman–Crippen MR) is 68.7 cm³/mol. The number of aryl methyl sites for hydroxylation is 1. The van der Waals surface area contributed by atoms with E-state index in [1.54, 1.807) is 0 Å². The molecule has 0 radical (unpaired) electrons. The molecule has 6 heteroatoms. The first kappa shape index (κ1) is 14.0. The Morgan fingerprint density at radius 2 is 2.21 bits per heavy atom. The largest absolute Gasteiger partial charge is 0.480 e. The molecular formula is C13H21N3O3. The summed E-state index contributed by atoms with van der Waals surface area (Å²) in [7, 11) is 0. The maximum Gasteiger partial charge on any atom is 0.329 e. The summed E-state index contributed by atoms with van der Waals surface area (Å²) in [5.41, 5.74) is 0. The third-order valence-corrected chi connectivity index (χ3v) is 3.91. The number of nitrogens with zero attached hydrogens (tertiary/aromatic N) is 3. The van der Waals surface area contributed by atoms with Crippen LogP contribution in [-0.4, -0.2) is 37.1 Å². The summed E-state index contributed by atoms with van der Waals surface area (Å²) in [6, 6.07) is -1.01. The third kappa shape index (κ3) is 3.32. The van der Waals surface area contributed by atoms with Crippen LogP contribution in [0.15, 0.2) is 6.33 Å². The Labute approximate surface area is 112 Å².